The first-order chi connectivity index (χ1) is 6.76. The van der Waals surface area contributed by atoms with Crippen LogP contribution in [-0.4, -0.2) is 0 Å². The average Bonchev–Trinajstić information content (AvgIpc) is 2.54. The summed E-state index contributed by atoms with van der Waals surface area (Å²) < 4.78 is 5.51. The lowest BCUT2D eigenvalue weighted by atomic mass is 10.1. The van der Waals surface area contributed by atoms with E-state index in [1.54, 1.807) is 18.2 Å². The summed E-state index contributed by atoms with van der Waals surface area (Å²) in [7, 11) is 0. The number of fused-ring (bicyclic) bond motifs is 1. The highest BCUT2D eigenvalue weighted by molar-refractivity contribution is 6.31. The van der Waals surface area contributed by atoms with Crippen LogP contribution in [0.2, 0.25) is 5.02 Å². The third-order valence-electron chi connectivity index (χ3n) is 2.16. The number of hydrogen-bond donors (Lipinski definition) is 0. The fourth-order valence-corrected chi connectivity index (χ4v) is 1.66. The van der Waals surface area contributed by atoms with Crippen LogP contribution in [0.15, 0.2) is 22.6 Å². The van der Waals surface area contributed by atoms with E-state index < -0.39 is 0 Å². The second-order valence-electron chi connectivity index (χ2n) is 3.01. The van der Waals surface area contributed by atoms with Crippen LogP contribution in [0.4, 0.5) is 0 Å². The van der Waals surface area contributed by atoms with E-state index in [0.29, 0.717) is 10.6 Å². The molecule has 0 aliphatic heterocycles. The first kappa shape index (κ1) is 9.11. The van der Waals surface area contributed by atoms with E-state index in [1.807, 2.05) is 6.92 Å². The van der Waals surface area contributed by atoms with E-state index >= 15 is 0 Å². The Morgan fingerprint density at radius 1 is 1.50 bits per heavy atom. The Bertz CT molecular complexity index is 522. The standard InChI is InChI=1S/C11H8ClNO/c1-2-10-9(6-13)8-5-7(12)3-4-11(8)14-10/h3-5H,2H2,1H3. The molecule has 3 heteroatoms. The minimum Gasteiger partial charge on any atom is -0.460 e. The Hall–Kier alpha value is -1.46. The van der Waals surface area contributed by atoms with Crippen molar-refractivity contribution in [3.63, 3.8) is 0 Å². The quantitative estimate of drug-likeness (QED) is 0.714. The zero-order valence-corrected chi connectivity index (χ0v) is 8.43. The van der Waals surface area contributed by atoms with Crippen molar-refractivity contribution in [2.24, 2.45) is 0 Å². The molecule has 2 rings (SSSR count). The Morgan fingerprint density at radius 2 is 2.29 bits per heavy atom. The third-order valence-corrected chi connectivity index (χ3v) is 2.39. The Balaban J connectivity index is 2.83. The van der Waals surface area contributed by atoms with Gasteiger partial charge in [0, 0.05) is 16.8 Å². The normalized spacial score (nSPS) is 10.4. The molecular weight excluding hydrogens is 198 g/mol. The number of nitriles is 1. The monoisotopic (exact) mass is 205 g/mol. The van der Waals surface area contributed by atoms with E-state index in [4.69, 9.17) is 21.3 Å². The van der Waals surface area contributed by atoms with Gasteiger partial charge in [-0.2, -0.15) is 5.26 Å². The summed E-state index contributed by atoms with van der Waals surface area (Å²) in [5, 5.41) is 10.4. The Labute approximate surface area is 86.7 Å². The number of aryl methyl sites for hydroxylation is 1. The van der Waals surface area contributed by atoms with E-state index in [0.717, 1.165) is 23.2 Å². The molecule has 0 aliphatic carbocycles. The molecule has 0 unspecified atom stereocenters. The summed E-state index contributed by atoms with van der Waals surface area (Å²) in [5.74, 6) is 0.727. The highest BCUT2D eigenvalue weighted by Gasteiger charge is 2.12. The molecule has 2 aromatic rings. The smallest absolute Gasteiger partial charge is 0.135 e. The number of halogens is 1. The first-order valence-corrected chi connectivity index (χ1v) is 4.75. The van der Waals surface area contributed by atoms with Crippen LogP contribution >= 0.6 is 11.6 Å². The lowest BCUT2D eigenvalue weighted by Gasteiger charge is -1.88. The summed E-state index contributed by atoms with van der Waals surface area (Å²) in [5.41, 5.74) is 1.33. The van der Waals surface area contributed by atoms with Gasteiger partial charge in [0.05, 0.1) is 0 Å². The largest absolute Gasteiger partial charge is 0.460 e. The molecule has 0 saturated heterocycles. The van der Waals surface area contributed by atoms with Gasteiger partial charge in [-0.1, -0.05) is 18.5 Å². The third kappa shape index (κ3) is 1.26. The average molecular weight is 206 g/mol. The molecule has 0 aliphatic rings. The van der Waals surface area contributed by atoms with Gasteiger partial charge in [-0.05, 0) is 18.2 Å². The zero-order chi connectivity index (χ0) is 10.1. The van der Waals surface area contributed by atoms with E-state index in [1.165, 1.54) is 0 Å². The van der Waals surface area contributed by atoms with Crippen molar-refractivity contribution in [2.45, 2.75) is 13.3 Å². The summed E-state index contributed by atoms with van der Waals surface area (Å²) in [6, 6.07) is 7.45. The lowest BCUT2D eigenvalue weighted by Crippen LogP contribution is -1.79. The lowest BCUT2D eigenvalue weighted by molar-refractivity contribution is 0.555. The van der Waals surface area contributed by atoms with E-state index in [9.17, 15) is 0 Å². The van der Waals surface area contributed by atoms with Crippen molar-refractivity contribution in [1.29, 1.82) is 5.26 Å². The maximum atomic E-state index is 8.97. The summed E-state index contributed by atoms with van der Waals surface area (Å²) in [6.07, 6.45) is 0.717. The summed E-state index contributed by atoms with van der Waals surface area (Å²) >= 11 is 5.85. The van der Waals surface area contributed by atoms with Gasteiger partial charge in [0.2, 0.25) is 0 Å². The molecule has 1 aromatic carbocycles. The van der Waals surface area contributed by atoms with Crippen LogP contribution in [0, 0.1) is 11.3 Å². The molecule has 0 radical (unpaired) electrons. The fraction of sp³-hybridized carbons (Fsp3) is 0.182. The molecule has 0 bridgehead atoms. The van der Waals surface area contributed by atoms with Crippen molar-refractivity contribution < 1.29 is 4.42 Å². The van der Waals surface area contributed by atoms with Crippen molar-refractivity contribution >= 4 is 22.6 Å². The molecule has 0 fully saturated rings. The highest BCUT2D eigenvalue weighted by Crippen LogP contribution is 2.28. The molecule has 0 amide bonds. The topological polar surface area (TPSA) is 36.9 Å². The second kappa shape index (κ2) is 3.36. The van der Waals surface area contributed by atoms with Crippen LogP contribution in [0.25, 0.3) is 11.0 Å². The van der Waals surface area contributed by atoms with E-state index in [-0.39, 0.29) is 0 Å². The Morgan fingerprint density at radius 3 is 2.93 bits per heavy atom. The van der Waals surface area contributed by atoms with Gasteiger partial charge in [0.1, 0.15) is 23.0 Å². The molecule has 1 aromatic heterocycles. The number of nitrogens with zero attached hydrogens (tertiary/aromatic N) is 1. The molecule has 1 heterocycles. The van der Waals surface area contributed by atoms with Crippen LogP contribution < -0.4 is 0 Å². The van der Waals surface area contributed by atoms with Crippen molar-refractivity contribution in [3.05, 3.63) is 34.5 Å². The van der Waals surface area contributed by atoms with Gasteiger partial charge in [0.25, 0.3) is 0 Å². The minimum absolute atomic E-state index is 0.602. The van der Waals surface area contributed by atoms with E-state index in [2.05, 4.69) is 6.07 Å². The molecule has 0 spiro atoms. The minimum atomic E-state index is 0.602. The number of hydrogen-bond acceptors (Lipinski definition) is 2. The van der Waals surface area contributed by atoms with Crippen LogP contribution in [0.3, 0.4) is 0 Å². The zero-order valence-electron chi connectivity index (χ0n) is 7.67. The highest BCUT2D eigenvalue weighted by atomic mass is 35.5. The molecule has 2 nitrogen and oxygen atoms in total. The van der Waals surface area contributed by atoms with Crippen molar-refractivity contribution in [1.82, 2.24) is 0 Å². The van der Waals surface area contributed by atoms with Crippen molar-refractivity contribution in [3.8, 4) is 6.07 Å². The van der Waals surface area contributed by atoms with Gasteiger partial charge in [-0.25, -0.2) is 0 Å². The van der Waals surface area contributed by atoms with Gasteiger partial charge >= 0.3 is 0 Å². The predicted octanol–water partition coefficient (Wildman–Crippen LogP) is 3.52. The molecule has 0 saturated carbocycles. The molecule has 70 valence electrons. The van der Waals surface area contributed by atoms with Gasteiger partial charge in [0.15, 0.2) is 0 Å². The molecule has 0 N–H and O–H groups in total. The van der Waals surface area contributed by atoms with Gasteiger partial charge in [-0.15, -0.1) is 0 Å². The first-order valence-electron chi connectivity index (χ1n) is 4.37. The number of furan rings is 1. The van der Waals surface area contributed by atoms with Crippen LogP contribution in [0.1, 0.15) is 18.2 Å². The van der Waals surface area contributed by atoms with Gasteiger partial charge in [-0.3, -0.25) is 0 Å². The summed E-state index contributed by atoms with van der Waals surface area (Å²) in [4.78, 5) is 0. The number of benzene rings is 1. The van der Waals surface area contributed by atoms with Crippen LogP contribution in [-0.2, 0) is 6.42 Å². The Kier molecular flexibility index (Phi) is 2.18. The molecule has 14 heavy (non-hydrogen) atoms. The molecular formula is C11H8ClNO. The summed E-state index contributed by atoms with van der Waals surface area (Å²) in [6.45, 7) is 1.96. The van der Waals surface area contributed by atoms with Gasteiger partial charge < -0.3 is 4.42 Å². The molecule has 0 atom stereocenters. The van der Waals surface area contributed by atoms with Crippen molar-refractivity contribution in [2.75, 3.05) is 0 Å². The fourth-order valence-electron chi connectivity index (χ4n) is 1.49. The predicted molar refractivity (Wildman–Crippen MR) is 55.3 cm³/mol. The number of rotatable bonds is 1. The van der Waals surface area contributed by atoms with Crippen LogP contribution in [0.5, 0.6) is 0 Å². The SMILES string of the molecule is CCc1oc2ccc(Cl)cc2c1C#N. The maximum absolute atomic E-state index is 8.97. The second-order valence-corrected chi connectivity index (χ2v) is 3.44. The maximum Gasteiger partial charge on any atom is 0.135 e.